The Morgan fingerprint density at radius 1 is 1.11 bits per heavy atom. The maximum Gasteiger partial charge on any atom is 0.191 e. The van der Waals surface area contributed by atoms with Crippen LogP contribution in [0.3, 0.4) is 0 Å². The summed E-state index contributed by atoms with van der Waals surface area (Å²) in [5.41, 5.74) is 5.21. The number of aliphatic imine (C=N–C) groups is 1. The highest BCUT2D eigenvalue weighted by molar-refractivity contribution is 5.79. The first-order chi connectivity index (χ1) is 13.8. The first-order valence-electron chi connectivity index (χ1n) is 9.97. The summed E-state index contributed by atoms with van der Waals surface area (Å²) < 4.78 is 5.46. The lowest BCUT2D eigenvalue weighted by Crippen LogP contribution is -2.38. The second-order valence-electron chi connectivity index (χ2n) is 7.06. The average Bonchev–Trinajstić information content (AvgIpc) is 2.73. The molecule has 6 nitrogen and oxygen atoms in total. The molecule has 0 aliphatic carbocycles. The van der Waals surface area contributed by atoms with Crippen molar-refractivity contribution in [3.63, 3.8) is 0 Å². The number of aromatic nitrogens is 1. The summed E-state index contributed by atoms with van der Waals surface area (Å²) >= 11 is 0. The number of nitrogens with zero attached hydrogens (tertiary/aromatic N) is 3. The SMILES string of the molecule is CN=C(NCCc1ccncc1C)NCc1ccccc1CN1CCOCC1. The van der Waals surface area contributed by atoms with Crippen molar-refractivity contribution >= 4 is 5.96 Å². The topological polar surface area (TPSA) is 61.8 Å². The van der Waals surface area contributed by atoms with Gasteiger partial charge in [-0.15, -0.1) is 0 Å². The molecule has 0 saturated carbocycles. The number of pyridine rings is 1. The van der Waals surface area contributed by atoms with Crippen LogP contribution in [0.1, 0.15) is 22.3 Å². The molecular formula is C22H31N5O. The van der Waals surface area contributed by atoms with Crippen molar-refractivity contribution in [2.45, 2.75) is 26.4 Å². The van der Waals surface area contributed by atoms with Crippen LogP contribution < -0.4 is 10.6 Å². The lowest BCUT2D eigenvalue weighted by Gasteiger charge is -2.27. The summed E-state index contributed by atoms with van der Waals surface area (Å²) in [4.78, 5) is 11.0. The Balaban J connectivity index is 1.50. The van der Waals surface area contributed by atoms with Crippen molar-refractivity contribution < 1.29 is 4.74 Å². The van der Waals surface area contributed by atoms with Gasteiger partial charge in [-0.25, -0.2) is 0 Å². The van der Waals surface area contributed by atoms with Crippen LogP contribution in [0.4, 0.5) is 0 Å². The number of morpholine rings is 1. The minimum Gasteiger partial charge on any atom is -0.379 e. The zero-order chi connectivity index (χ0) is 19.6. The molecule has 0 bridgehead atoms. The van der Waals surface area contributed by atoms with Crippen LogP contribution >= 0.6 is 0 Å². The summed E-state index contributed by atoms with van der Waals surface area (Å²) in [6, 6.07) is 10.7. The molecule has 1 saturated heterocycles. The largest absolute Gasteiger partial charge is 0.379 e. The van der Waals surface area contributed by atoms with Crippen LogP contribution in [0, 0.1) is 6.92 Å². The highest BCUT2D eigenvalue weighted by Gasteiger charge is 2.12. The van der Waals surface area contributed by atoms with Gasteiger partial charge in [0.1, 0.15) is 0 Å². The van der Waals surface area contributed by atoms with Crippen molar-refractivity contribution in [3.8, 4) is 0 Å². The van der Waals surface area contributed by atoms with Crippen molar-refractivity contribution in [1.82, 2.24) is 20.5 Å². The van der Waals surface area contributed by atoms with Gasteiger partial charge in [0.05, 0.1) is 13.2 Å². The van der Waals surface area contributed by atoms with Gasteiger partial charge >= 0.3 is 0 Å². The van der Waals surface area contributed by atoms with E-state index in [1.54, 1.807) is 0 Å². The summed E-state index contributed by atoms with van der Waals surface area (Å²) in [6.07, 6.45) is 4.71. The van der Waals surface area contributed by atoms with E-state index in [4.69, 9.17) is 4.74 Å². The normalized spacial score (nSPS) is 15.4. The van der Waals surface area contributed by atoms with Crippen LogP contribution in [-0.2, 0) is 24.2 Å². The van der Waals surface area contributed by atoms with E-state index in [1.165, 1.54) is 22.3 Å². The van der Waals surface area contributed by atoms with Gasteiger partial charge in [0, 0.05) is 52.2 Å². The van der Waals surface area contributed by atoms with E-state index in [0.29, 0.717) is 0 Å². The molecule has 0 atom stereocenters. The predicted octanol–water partition coefficient (Wildman–Crippen LogP) is 2.13. The van der Waals surface area contributed by atoms with Gasteiger partial charge in [0.2, 0.25) is 0 Å². The molecule has 3 rings (SSSR count). The van der Waals surface area contributed by atoms with Crippen molar-refractivity contribution in [2.24, 2.45) is 4.99 Å². The molecular weight excluding hydrogens is 350 g/mol. The molecule has 1 aromatic carbocycles. The first-order valence-corrected chi connectivity index (χ1v) is 9.97. The highest BCUT2D eigenvalue weighted by atomic mass is 16.5. The van der Waals surface area contributed by atoms with Crippen LogP contribution in [-0.4, -0.2) is 55.7 Å². The number of guanidine groups is 1. The van der Waals surface area contributed by atoms with Gasteiger partial charge < -0.3 is 15.4 Å². The second-order valence-corrected chi connectivity index (χ2v) is 7.06. The average molecular weight is 382 g/mol. The summed E-state index contributed by atoms with van der Waals surface area (Å²) in [5.74, 6) is 0.827. The zero-order valence-corrected chi connectivity index (χ0v) is 16.9. The Labute approximate surface area is 168 Å². The van der Waals surface area contributed by atoms with E-state index >= 15 is 0 Å². The molecule has 2 aromatic rings. The van der Waals surface area contributed by atoms with Crippen LogP contribution in [0.25, 0.3) is 0 Å². The van der Waals surface area contributed by atoms with Gasteiger partial charge in [0.25, 0.3) is 0 Å². The number of aryl methyl sites for hydroxylation is 1. The van der Waals surface area contributed by atoms with Crippen LogP contribution in [0.2, 0.25) is 0 Å². The van der Waals surface area contributed by atoms with E-state index in [2.05, 4.69) is 62.8 Å². The number of hydrogen-bond donors (Lipinski definition) is 2. The third kappa shape index (κ3) is 6.04. The van der Waals surface area contributed by atoms with Crippen LogP contribution in [0.15, 0.2) is 47.7 Å². The van der Waals surface area contributed by atoms with Gasteiger partial charge in [-0.05, 0) is 41.7 Å². The van der Waals surface area contributed by atoms with E-state index in [-0.39, 0.29) is 0 Å². The number of benzene rings is 1. The monoisotopic (exact) mass is 381 g/mol. The van der Waals surface area contributed by atoms with Crippen molar-refractivity contribution in [2.75, 3.05) is 39.9 Å². The van der Waals surface area contributed by atoms with E-state index in [0.717, 1.165) is 58.3 Å². The number of ether oxygens (including phenoxy) is 1. The quantitative estimate of drug-likeness (QED) is 0.568. The fraction of sp³-hybridized carbons (Fsp3) is 0.455. The highest BCUT2D eigenvalue weighted by Crippen LogP contribution is 2.13. The molecule has 2 heterocycles. The maximum atomic E-state index is 5.46. The third-order valence-corrected chi connectivity index (χ3v) is 5.11. The van der Waals surface area contributed by atoms with Crippen molar-refractivity contribution in [1.29, 1.82) is 0 Å². The van der Waals surface area contributed by atoms with Gasteiger partial charge in [-0.3, -0.25) is 14.9 Å². The second kappa shape index (κ2) is 10.8. The Morgan fingerprint density at radius 3 is 2.64 bits per heavy atom. The minimum atomic E-state index is 0.758. The fourth-order valence-electron chi connectivity index (χ4n) is 3.38. The van der Waals surface area contributed by atoms with Gasteiger partial charge in [-0.1, -0.05) is 24.3 Å². The Morgan fingerprint density at radius 2 is 1.89 bits per heavy atom. The van der Waals surface area contributed by atoms with E-state index in [9.17, 15) is 0 Å². The molecule has 0 amide bonds. The minimum absolute atomic E-state index is 0.758. The Bertz CT molecular complexity index is 771. The molecule has 1 fully saturated rings. The smallest absolute Gasteiger partial charge is 0.191 e. The molecule has 0 spiro atoms. The van der Waals surface area contributed by atoms with E-state index < -0.39 is 0 Å². The summed E-state index contributed by atoms with van der Waals surface area (Å²) in [6.45, 7) is 8.31. The van der Waals surface area contributed by atoms with Crippen molar-refractivity contribution in [3.05, 3.63) is 65.0 Å². The number of nitrogens with one attached hydrogen (secondary N) is 2. The lowest BCUT2D eigenvalue weighted by atomic mass is 10.1. The molecule has 1 aliphatic rings. The van der Waals surface area contributed by atoms with Crippen LogP contribution in [0.5, 0.6) is 0 Å². The standard InChI is InChI=1S/C22H31N5O/c1-18-15-24-9-7-19(18)8-10-25-22(23-2)26-16-20-5-3-4-6-21(20)17-27-11-13-28-14-12-27/h3-7,9,15H,8,10-14,16-17H2,1-2H3,(H2,23,25,26). The summed E-state index contributed by atoms with van der Waals surface area (Å²) in [5, 5.41) is 6.86. The summed E-state index contributed by atoms with van der Waals surface area (Å²) in [7, 11) is 1.81. The molecule has 28 heavy (non-hydrogen) atoms. The molecule has 2 N–H and O–H groups in total. The molecule has 6 heteroatoms. The Kier molecular flexibility index (Phi) is 7.82. The molecule has 150 valence electrons. The van der Waals surface area contributed by atoms with Gasteiger partial charge in [0.15, 0.2) is 5.96 Å². The molecule has 1 aliphatic heterocycles. The Hall–Kier alpha value is -2.44. The number of hydrogen-bond acceptors (Lipinski definition) is 4. The fourth-order valence-corrected chi connectivity index (χ4v) is 3.38. The number of rotatable bonds is 7. The molecule has 0 radical (unpaired) electrons. The lowest BCUT2D eigenvalue weighted by molar-refractivity contribution is 0.0341. The maximum absolute atomic E-state index is 5.46. The third-order valence-electron chi connectivity index (χ3n) is 5.11. The molecule has 1 aromatic heterocycles. The molecule has 0 unspecified atom stereocenters. The predicted molar refractivity (Wildman–Crippen MR) is 113 cm³/mol. The zero-order valence-electron chi connectivity index (χ0n) is 16.9. The van der Waals surface area contributed by atoms with Gasteiger partial charge in [-0.2, -0.15) is 0 Å². The van der Waals surface area contributed by atoms with E-state index in [1.807, 2.05) is 19.4 Å². The first kappa shape index (κ1) is 20.3.